The summed E-state index contributed by atoms with van der Waals surface area (Å²) in [4.78, 5) is 20.3. The van der Waals surface area contributed by atoms with Crippen molar-refractivity contribution in [2.24, 2.45) is 0 Å². The Kier molecular flexibility index (Phi) is 4.33. The number of nitrogen functional groups attached to an aromatic ring is 1. The number of anilines is 1. The first kappa shape index (κ1) is 16.2. The molecule has 0 saturated heterocycles. The van der Waals surface area contributed by atoms with Gasteiger partial charge in [0.05, 0.1) is 17.5 Å². The van der Waals surface area contributed by atoms with E-state index in [0.29, 0.717) is 34.1 Å². The van der Waals surface area contributed by atoms with Crippen LogP contribution in [-0.4, -0.2) is 27.1 Å². The number of nitrogens with two attached hydrogens (primary N) is 1. The number of carbonyl (C=O) groups is 1. The van der Waals surface area contributed by atoms with Crippen LogP contribution in [0, 0.1) is 12.7 Å². The standard InChI is InChI=1S/C17H19FN4O2/c1-3-4-5-24-14(23)8-22-13-6-10(2)12(18)7-11(13)15-16(19)20-9-21-17(15)22/h6-7,9H,3-5,8H2,1-2H3,(H2,19,20,21). The molecule has 2 heterocycles. The maximum absolute atomic E-state index is 14.0. The van der Waals surface area contributed by atoms with E-state index in [1.54, 1.807) is 17.6 Å². The van der Waals surface area contributed by atoms with Crippen molar-refractivity contribution in [2.75, 3.05) is 12.3 Å². The number of halogens is 1. The van der Waals surface area contributed by atoms with Gasteiger partial charge in [-0.25, -0.2) is 14.4 Å². The molecule has 1 aromatic carbocycles. The number of fused-ring (bicyclic) bond motifs is 3. The van der Waals surface area contributed by atoms with Crippen molar-refractivity contribution in [1.29, 1.82) is 0 Å². The Balaban J connectivity index is 2.12. The quantitative estimate of drug-likeness (QED) is 0.574. The molecule has 126 valence electrons. The van der Waals surface area contributed by atoms with E-state index < -0.39 is 0 Å². The molecule has 2 N–H and O–H groups in total. The first-order chi connectivity index (χ1) is 11.5. The fraction of sp³-hybridized carbons (Fsp3) is 0.353. The Hall–Kier alpha value is -2.70. The van der Waals surface area contributed by atoms with E-state index in [2.05, 4.69) is 9.97 Å². The molecule has 3 rings (SSSR count). The number of aromatic nitrogens is 3. The van der Waals surface area contributed by atoms with Crippen LogP contribution >= 0.6 is 0 Å². The van der Waals surface area contributed by atoms with Gasteiger partial charge in [-0.1, -0.05) is 13.3 Å². The maximum Gasteiger partial charge on any atom is 0.326 e. The molecular formula is C17H19FN4O2. The number of aryl methyl sites for hydroxylation is 1. The molecule has 0 unspecified atom stereocenters. The monoisotopic (exact) mass is 330 g/mol. The molecule has 0 saturated carbocycles. The number of nitrogens with zero attached hydrogens (tertiary/aromatic N) is 3. The van der Waals surface area contributed by atoms with Gasteiger partial charge in [-0.2, -0.15) is 0 Å². The highest BCUT2D eigenvalue weighted by molar-refractivity contribution is 6.11. The van der Waals surface area contributed by atoms with Gasteiger partial charge >= 0.3 is 5.97 Å². The Bertz CT molecular complexity index is 920. The average molecular weight is 330 g/mol. The van der Waals surface area contributed by atoms with Crippen molar-refractivity contribution in [3.63, 3.8) is 0 Å². The second kappa shape index (κ2) is 6.43. The van der Waals surface area contributed by atoms with Crippen molar-refractivity contribution in [2.45, 2.75) is 33.2 Å². The third kappa shape index (κ3) is 2.77. The highest BCUT2D eigenvalue weighted by Gasteiger charge is 2.18. The molecule has 0 aliphatic heterocycles. The second-order valence-corrected chi connectivity index (χ2v) is 5.74. The smallest absolute Gasteiger partial charge is 0.326 e. The predicted octanol–water partition coefficient (Wildman–Crippen LogP) is 2.96. The molecule has 0 fully saturated rings. The maximum atomic E-state index is 14.0. The molecule has 0 aliphatic rings. The van der Waals surface area contributed by atoms with Crippen molar-refractivity contribution >= 4 is 33.7 Å². The molecule has 0 atom stereocenters. The zero-order valence-electron chi connectivity index (χ0n) is 13.7. The lowest BCUT2D eigenvalue weighted by Crippen LogP contribution is -2.14. The van der Waals surface area contributed by atoms with Gasteiger partial charge in [0.15, 0.2) is 0 Å². The Morgan fingerprint density at radius 2 is 2.17 bits per heavy atom. The van der Waals surface area contributed by atoms with E-state index in [4.69, 9.17) is 10.5 Å². The van der Waals surface area contributed by atoms with Crippen LogP contribution in [0.15, 0.2) is 18.5 Å². The van der Waals surface area contributed by atoms with Crippen LogP contribution < -0.4 is 5.73 Å². The molecular weight excluding hydrogens is 311 g/mol. The summed E-state index contributed by atoms with van der Waals surface area (Å²) in [5, 5.41) is 1.14. The number of hydrogen-bond donors (Lipinski definition) is 1. The van der Waals surface area contributed by atoms with Gasteiger partial charge in [-0.3, -0.25) is 4.79 Å². The summed E-state index contributed by atoms with van der Waals surface area (Å²) in [6, 6.07) is 3.09. The normalized spacial score (nSPS) is 11.3. The molecule has 7 heteroatoms. The fourth-order valence-electron chi connectivity index (χ4n) is 2.72. The third-order valence-electron chi connectivity index (χ3n) is 4.00. The lowest BCUT2D eigenvalue weighted by Gasteiger charge is -2.08. The van der Waals surface area contributed by atoms with Crippen LogP contribution in [0.4, 0.5) is 10.2 Å². The van der Waals surface area contributed by atoms with Crippen LogP contribution in [0.1, 0.15) is 25.3 Å². The Labute approximate surface area is 138 Å². The molecule has 6 nitrogen and oxygen atoms in total. The summed E-state index contributed by atoms with van der Waals surface area (Å²) >= 11 is 0. The highest BCUT2D eigenvalue weighted by atomic mass is 19.1. The van der Waals surface area contributed by atoms with Gasteiger partial charge in [0.2, 0.25) is 0 Å². The largest absolute Gasteiger partial charge is 0.464 e. The van der Waals surface area contributed by atoms with Crippen molar-refractivity contribution in [3.8, 4) is 0 Å². The van der Waals surface area contributed by atoms with Crippen LogP contribution in [0.5, 0.6) is 0 Å². The van der Waals surface area contributed by atoms with Crippen molar-refractivity contribution in [1.82, 2.24) is 14.5 Å². The molecule has 0 amide bonds. The Morgan fingerprint density at radius 3 is 2.92 bits per heavy atom. The van der Waals surface area contributed by atoms with Crippen LogP contribution in [0.3, 0.4) is 0 Å². The lowest BCUT2D eigenvalue weighted by atomic mass is 10.1. The average Bonchev–Trinajstić information content (AvgIpc) is 2.83. The van der Waals surface area contributed by atoms with E-state index in [9.17, 15) is 9.18 Å². The van der Waals surface area contributed by atoms with Crippen molar-refractivity contribution in [3.05, 3.63) is 29.8 Å². The molecule has 0 spiro atoms. The lowest BCUT2D eigenvalue weighted by molar-refractivity contribution is -0.144. The van der Waals surface area contributed by atoms with E-state index in [-0.39, 0.29) is 24.1 Å². The highest BCUT2D eigenvalue weighted by Crippen LogP contribution is 2.32. The summed E-state index contributed by atoms with van der Waals surface area (Å²) in [7, 11) is 0. The van der Waals surface area contributed by atoms with Gasteiger partial charge in [-0.05, 0) is 31.0 Å². The number of benzene rings is 1. The first-order valence-corrected chi connectivity index (χ1v) is 7.87. The van der Waals surface area contributed by atoms with Gasteiger partial charge in [0.25, 0.3) is 0 Å². The zero-order valence-corrected chi connectivity index (χ0v) is 13.7. The van der Waals surface area contributed by atoms with E-state index >= 15 is 0 Å². The van der Waals surface area contributed by atoms with Crippen molar-refractivity contribution < 1.29 is 13.9 Å². The number of hydrogen-bond acceptors (Lipinski definition) is 5. The summed E-state index contributed by atoms with van der Waals surface area (Å²) < 4.78 is 20.9. The topological polar surface area (TPSA) is 83.0 Å². The van der Waals surface area contributed by atoms with Crippen LogP contribution in [0.2, 0.25) is 0 Å². The summed E-state index contributed by atoms with van der Waals surface area (Å²) in [6.45, 7) is 4.08. The minimum Gasteiger partial charge on any atom is -0.464 e. The molecule has 0 aliphatic carbocycles. The number of ether oxygens (including phenoxy) is 1. The van der Waals surface area contributed by atoms with E-state index in [0.717, 1.165) is 12.8 Å². The minimum atomic E-state index is -0.360. The van der Waals surface area contributed by atoms with Gasteiger partial charge in [0, 0.05) is 5.39 Å². The number of esters is 1. The van der Waals surface area contributed by atoms with E-state index in [1.807, 2.05) is 6.92 Å². The zero-order chi connectivity index (χ0) is 17.3. The predicted molar refractivity (Wildman–Crippen MR) is 90.0 cm³/mol. The summed E-state index contributed by atoms with van der Waals surface area (Å²) in [5.74, 6) is -0.442. The molecule has 3 aromatic rings. The van der Waals surface area contributed by atoms with E-state index in [1.165, 1.54) is 12.4 Å². The minimum absolute atomic E-state index is 0.00869. The number of unbranched alkanes of at least 4 members (excludes halogenated alkanes) is 1. The molecule has 24 heavy (non-hydrogen) atoms. The van der Waals surface area contributed by atoms with Crippen LogP contribution in [0.25, 0.3) is 21.9 Å². The molecule has 2 aromatic heterocycles. The first-order valence-electron chi connectivity index (χ1n) is 7.87. The fourth-order valence-corrected chi connectivity index (χ4v) is 2.72. The summed E-state index contributed by atoms with van der Waals surface area (Å²) in [6.07, 6.45) is 3.10. The second-order valence-electron chi connectivity index (χ2n) is 5.74. The van der Waals surface area contributed by atoms with Gasteiger partial charge in [-0.15, -0.1) is 0 Å². The third-order valence-corrected chi connectivity index (χ3v) is 4.00. The Morgan fingerprint density at radius 1 is 1.38 bits per heavy atom. The molecule has 0 bridgehead atoms. The number of rotatable bonds is 5. The van der Waals surface area contributed by atoms with Gasteiger partial charge < -0.3 is 15.0 Å². The van der Waals surface area contributed by atoms with Gasteiger partial charge in [0.1, 0.15) is 30.2 Å². The number of carbonyl (C=O) groups excluding carboxylic acids is 1. The van der Waals surface area contributed by atoms with Crippen LogP contribution in [-0.2, 0) is 16.1 Å². The molecule has 0 radical (unpaired) electrons. The SMILES string of the molecule is CCCCOC(=O)Cn1c2cc(C)c(F)cc2c2c(N)ncnc21. The summed E-state index contributed by atoms with van der Waals surface area (Å²) in [5.41, 5.74) is 7.61.